The topological polar surface area (TPSA) is 50.2 Å². The third-order valence-electron chi connectivity index (χ3n) is 2.76. The number of nitrogens with zero attached hydrogens (tertiary/aromatic N) is 1. The first-order valence-corrected chi connectivity index (χ1v) is 5.90. The molecule has 1 aromatic heterocycles. The monoisotopic (exact) mass is 293 g/mol. The molecule has 0 atom stereocenters. The Balaban J connectivity index is 2.57. The van der Waals surface area contributed by atoms with Gasteiger partial charge in [-0.1, -0.05) is 6.07 Å². The molecule has 0 radical (unpaired) electrons. The van der Waals surface area contributed by atoms with Gasteiger partial charge in [-0.3, -0.25) is 4.98 Å². The van der Waals surface area contributed by atoms with Gasteiger partial charge in [0.25, 0.3) is 0 Å². The van der Waals surface area contributed by atoms with Crippen molar-refractivity contribution in [2.24, 2.45) is 0 Å². The van der Waals surface area contributed by atoms with Crippen LogP contribution in [0.4, 0.5) is 13.2 Å². The molecule has 2 aromatic rings. The lowest BCUT2D eigenvalue weighted by atomic mass is 9.97. The molecule has 21 heavy (non-hydrogen) atoms. The van der Waals surface area contributed by atoms with Crippen LogP contribution in [0.25, 0.3) is 17.2 Å². The van der Waals surface area contributed by atoms with E-state index in [2.05, 4.69) is 4.98 Å². The fraction of sp³-hybridized carbons (Fsp3) is 0.0667. The van der Waals surface area contributed by atoms with Gasteiger partial charge >= 0.3 is 12.1 Å². The van der Waals surface area contributed by atoms with Crippen LogP contribution < -0.4 is 0 Å². The van der Waals surface area contributed by atoms with Gasteiger partial charge < -0.3 is 5.11 Å². The van der Waals surface area contributed by atoms with E-state index < -0.39 is 17.7 Å². The molecule has 6 heteroatoms. The summed E-state index contributed by atoms with van der Waals surface area (Å²) >= 11 is 0. The molecule has 108 valence electrons. The van der Waals surface area contributed by atoms with Gasteiger partial charge in [0.2, 0.25) is 0 Å². The number of halogens is 3. The van der Waals surface area contributed by atoms with E-state index in [1.807, 2.05) is 0 Å². The van der Waals surface area contributed by atoms with Gasteiger partial charge in [0.1, 0.15) is 0 Å². The average molecular weight is 293 g/mol. The number of carbonyl (C=O) groups is 1. The summed E-state index contributed by atoms with van der Waals surface area (Å²) in [6, 6.07) is 6.41. The molecule has 0 aliphatic rings. The molecular weight excluding hydrogens is 283 g/mol. The van der Waals surface area contributed by atoms with E-state index >= 15 is 0 Å². The van der Waals surface area contributed by atoms with E-state index in [4.69, 9.17) is 5.11 Å². The van der Waals surface area contributed by atoms with Crippen molar-refractivity contribution in [1.29, 1.82) is 0 Å². The van der Waals surface area contributed by atoms with E-state index in [0.29, 0.717) is 11.1 Å². The minimum atomic E-state index is -4.49. The molecule has 0 saturated heterocycles. The molecule has 1 aromatic carbocycles. The van der Waals surface area contributed by atoms with Crippen molar-refractivity contribution in [3.05, 3.63) is 59.9 Å². The Morgan fingerprint density at radius 3 is 2.38 bits per heavy atom. The number of carboxylic acid groups (broad SMARTS) is 1. The van der Waals surface area contributed by atoms with E-state index in [9.17, 15) is 18.0 Å². The number of hydrogen-bond acceptors (Lipinski definition) is 2. The number of hydrogen-bond donors (Lipinski definition) is 1. The molecule has 0 amide bonds. The highest BCUT2D eigenvalue weighted by Crippen LogP contribution is 2.37. The van der Waals surface area contributed by atoms with E-state index in [0.717, 1.165) is 12.1 Å². The first-order chi connectivity index (χ1) is 9.88. The first kappa shape index (κ1) is 14.8. The number of aliphatic carboxylic acids is 1. The van der Waals surface area contributed by atoms with Crippen molar-refractivity contribution in [3.63, 3.8) is 0 Å². The minimum Gasteiger partial charge on any atom is -0.478 e. The van der Waals surface area contributed by atoms with Crippen LogP contribution in [-0.4, -0.2) is 16.1 Å². The second kappa shape index (κ2) is 5.78. The highest BCUT2D eigenvalue weighted by atomic mass is 19.4. The summed E-state index contributed by atoms with van der Waals surface area (Å²) in [6.07, 6.45) is 0.421. The third-order valence-corrected chi connectivity index (χ3v) is 2.76. The Labute approximate surface area is 118 Å². The molecule has 0 aliphatic heterocycles. The smallest absolute Gasteiger partial charge is 0.417 e. The zero-order chi connectivity index (χ0) is 15.5. The molecule has 0 spiro atoms. The number of aromatic nitrogens is 1. The molecule has 0 bridgehead atoms. The van der Waals surface area contributed by atoms with Crippen molar-refractivity contribution in [3.8, 4) is 11.1 Å². The Hall–Kier alpha value is -2.63. The average Bonchev–Trinajstić information content (AvgIpc) is 2.44. The molecule has 1 heterocycles. The standard InChI is InChI=1S/C15H10F3NO2/c16-15(17,18)13-3-1-10(2-4-14(20)21)9-12(13)11-5-7-19-8-6-11/h1-9H,(H,20,21)/b4-2+. The van der Waals surface area contributed by atoms with Gasteiger partial charge in [-0.05, 0) is 47.0 Å². The zero-order valence-corrected chi connectivity index (χ0v) is 10.6. The summed E-state index contributed by atoms with van der Waals surface area (Å²) in [5.74, 6) is -1.17. The fourth-order valence-corrected chi connectivity index (χ4v) is 1.85. The second-order valence-corrected chi connectivity index (χ2v) is 4.21. The van der Waals surface area contributed by atoms with Gasteiger partial charge in [-0.2, -0.15) is 13.2 Å². The van der Waals surface area contributed by atoms with E-state index in [1.54, 1.807) is 0 Å². The van der Waals surface area contributed by atoms with Gasteiger partial charge in [0.05, 0.1) is 5.56 Å². The van der Waals surface area contributed by atoms with Crippen molar-refractivity contribution in [2.45, 2.75) is 6.18 Å². The lowest BCUT2D eigenvalue weighted by Crippen LogP contribution is -2.07. The quantitative estimate of drug-likeness (QED) is 0.874. The van der Waals surface area contributed by atoms with Crippen LogP contribution in [0, 0.1) is 0 Å². The van der Waals surface area contributed by atoms with Crippen LogP contribution in [0.2, 0.25) is 0 Å². The Kier molecular flexibility index (Phi) is 4.07. The van der Waals surface area contributed by atoms with Gasteiger partial charge in [0, 0.05) is 18.5 Å². The van der Waals surface area contributed by atoms with Crippen LogP contribution in [0.15, 0.2) is 48.8 Å². The third kappa shape index (κ3) is 3.68. The lowest BCUT2D eigenvalue weighted by molar-refractivity contribution is -0.137. The Bertz CT molecular complexity index is 679. The number of rotatable bonds is 3. The number of benzene rings is 1. The number of alkyl halides is 3. The van der Waals surface area contributed by atoms with Crippen LogP contribution in [0.3, 0.4) is 0 Å². The van der Waals surface area contributed by atoms with E-state index in [-0.39, 0.29) is 5.56 Å². The molecular formula is C15H10F3NO2. The van der Waals surface area contributed by atoms with Gasteiger partial charge in [0.15, 0.2) is 0 Å². The second-order valence-electron chi connectivity index (χ2n) is 4.21. The molecule has 0 unspecified atom stereocenters. The van der Waals surface area contributed by atoms with Crippen LogP contribution in [-0.2, 0) is 11.0 Å². The predicted molar refractivity (Wildman–Crippen MR) is 71.3 cm³/mol. The van der Waals surface area contributed by atoms with Crippen LogP contribution in [0.1, 0.15) is 11.1 Å². The Morgan fingerprint density at radius 2 is 1.81 bits per heavy atom. The highest BCUT2D eigenvalue weighted by molar-refractivity contribution is 5.85. The van der Waals surface area contributed by atoms with Crippen molar-refractivity contribution < 1.29 is 23.1 Å². The van der Waals surface area contributed by atoms with Crippen LogP contribution >= 0.6 is 0 Å². The zero-order valence-electron chi connectivity index (χ0n) is 10.6. The normalized spacial score (nSPS) is 11.8. The van der Waals surface area contributed by atoms with Gasteiger partial charge in [-0.15, -0.1) is 0 Å². The molecule has 2 rings (SSSR count). The summed E-state index contributed by atoms with van der Waals surface area (Å²) in [4.78, 5) is 14.3. The van der Waals surface area contributed by atoms with Crippen molar-refractivity contribution >= 4 is 12.0 Å². The van der Waals surface area contributed by atoms with Crippen molar-refractivity contribution in [1.82, 2.24) is 4.98 Å². The molecule has 0 aliphatic carbocycles. The summed E-state index contributed by atoms with van der Waals surface area (Å²) in [5, 5.41) is 8.57. The summed E-state index contributed by atoms with van der Waals surface area (Å²) in [6.45, 7) is 0. The number of carboxylic acids is 1. The SMILES string of the molecule is O=C(O)/C=C/c1ccc(C(F)(F)F)c(-c2ccncc2)c1. The molecule has 0 fully saturated rings. The lowest BCUT2D eigenvalue weighted by Gasteiger charge is -2.13. The summed E-state index contributed by atoms with van der Waals surface area (Å²) in [5.41, 5.74) is -0.0567. The maximum Gasteiger partial charge on any atom is 0.417 e. The van der Waals surface area contributed by atoms with E-state index in [1.165, 1.54) is 42.7 Å². The minimum absolute atomic E-state index is 0.0163. The maximum atomic E-state index is 13.1. The molecule has 1 N–H and O–H groups in total. The number of pyridine rings is 1. The fourth-order valence-electron chi connectivity index (χ4n) is 1.85. The predicted octanol–water partition coefficient (Wildman–Crippen LogP) is 3.87. The Morgan fingerprint density at radius 1 is 1.14 bits per heavy atom. The largest absolute Gasteiger partial charge is 0.478 e. The van der Waals surface area contributed by atoms with Gasteiger partial charge in [-0.25, -0.2) is 4.79 Å². The highest BCUT2D eigenvalue weighted by Gasteiger charge is 2.33. The summed E-state index contributed by atoms with van der Waals surface area (Å²) < 4.78 is 39.2. The van der Waals surface area contributed by atoms with Crippen molar-refractivity contribution in [2.75, 3.05) is 0 Å². The maximum absolute atomic E-state index is 13.1. The summed E-state index contributed by atoms with van der Waals surface area (Å²) in [7, 11) is 0. The first-order valence-electron chi connectivity index (χ1n) is 5.90. The van der Waals surface area contributed by atoms with Crippen LogP contribution in [0.5, 0.6) is 0 Å². The molecule has 0 saturated carbocycles. The molecule has 3 nitrogen and oxygen atoms in total.